The fraction of sp³-hybridized carbons (Fsp3) is 0.938. The van der Waals surface area contributed by atoms with E-state index in [1.807, 2.05) is 0 Å². The van der Waals surface area contributed by atoms with Gasteiger partial charge in [-0.3, -0.25) is 9.69 Å². The molecule has 0 aromatic carbocycles. The Morgan fingerprint density at radius 1 is 1.15 bits per heavy atom. The molecular weight excluding hydrogens is 252 g/mol. The van der Waals surface area contributed by atoms with Gasteiger partial charge in [0, 0.05) is 18.6 Å². The maximum absolute atomic E-state index is 11.7. The Labute approximate surface area is 122 Å². The van der Waals surface area contributed by atoms with E-state index in [-0.39, 0.29) is 5.92 Å². The summed E-state index contributed by atoms with van der Waals surface area (Å²) in [6.07, 6.45) is 6.00. The quantitative estimate of drug-likeness (QED) is 0.859. The number of nitrogens with zero attached hydrogens (tertiary/aromatic N) is 2. The van der Waals surface area contributed by atoms with Crippen molar-refractivity contribution < 1.29 is 9.90 Å². The van der Waals surface area contributed by atoms with Crippen molar-refractivity contribution in [2.24, 2.45) is 11.3 Å². The molecule has 0 radical (unpaired) electrons. The zero-order chi connectivity index (χ0) is 14.3. The third-order valence-corrected chi connectivity index (χ3v) is 6.17. The van der Waals surface area contributed by atoms with E-state index in [0.717, 1.165) is 25.6 Å². The van der Waals surface area contributed by atoms with E-state index in [2.05, 4.69) is 23.6 Å². The van der Waals surface area contributed by atoms with E-state index in [1.165, 1.54) is 38.8 Å². The molecule has 3 fully saturated rings. The van der Waals surface area contributed by atoms with Crippen molar-refractivity contribution >= 4 is 5.97 Å². The minimum Gasteiger partial charge on any atom is -0.481 e. The average molecular weight is 280 g/mol. The number of piperidine rings is 1. The van der Waals surface area contributed by atoms with Crippen molar-refractivity contribution in [3.8, 4) is 0 Å². The fourth-order valence-corrected chi connectivity index (χ4v) is 4.60. The van der Waals surface area contributed by atoms with Gasteiger partial charge >= 0.3 is 5.97 Å². The van der Waals surface area contributed by atoms with Crippen molar-refractivity contribution in [2.45, 2.75) is 58.0 Å². The van der Waals surface area contributed by atoms with Crippen LogP contribution in [-0.2, 0) is 4.79 Å². The van der Waals surface area contributed by atoms with Crippen molar-refractivity contribution in [1.82, 2.24) is 9.80 Å². The van der Waals surface area contributed by atoms with Crippen LogP contribution in [0.25, 0.3) is 0 Å². The predicted octanol–water partition coefficient (Wildman–Crippen LogP) is 2.05. The molecule has 4 nitrogen and oxygen atoms in total. The van der Waals surface area contributed by atoms with Gasteiger partial charge in [-0.05, 0) is 57.7 Å². The topological polar surface area (TPSA) is 43.8 Å². The van der Waals surface area contributed by atoms with Crippen LogP contribution in [0, 0.1) is 11.3 Å². The molecule has 3 atom stereocenters. The van der Waals surface area contributed by atoms with Crippen LogP contribution in [0.4, 0.5) is 0 Å². The summed E-state index contributed by atoms with van der Waals surface area (Å²) in [6.45, 7) is 8.36. The molecule has 0 aromatic heterocycles. The van der Waals surface area contributed by atoms with E-state index in [9.17, 15) is 9.90 Å². The van der Waals surface area contributed by atoms with Crippen LogP contribution in [0.3, 0.4) is 0 Å². The van der Waals surface area contributed by atoms with Crippen molar-refractivity contribution in [1.29, 1.82) is 0 Å². The van der Waals surface area contributed by atoms with Gasteiger partial charge in [0.1, 0.15) is 0 Å². The zero-order valence-electron chi connectivity index (χ0n) is 12.8. The highest BCUT2D eigenvalue weighted by atomic mass is 16.4. The first-order valence-electron chi connectivity index (χ1n) is 8.24. The van der Waals surface area contributed by atoms with Gasteiger partial charge in [-0.25, -0.2) is 0 Å². The molecule has 3 rings (SSSR count). The fourth-order valence-electron chi connectivity index (χ4n) is 4.60. The van der Waals surface area contributed by atoms with Crippen LogP contribution in [-0.4, -0.2) is 59.1 Å². The minimum atomic E-state index is -0.590. The lowest BCUT2D eigenvalue weighted by atomic mass is 9.76. The van der Waals surface area contributed by atoms with Gasteiger partial charge in [0.15, 0.2) is 0 Å². The lowest BCUT2D eigenvalue weighted by molar-refractivity contribution is -0.151. The summed E-state index contributed by atoms with van der Waals surface area (Å²) in [5.41, 5.74) is -0.507. The molecule has 0 aliphatic carbocycles. The Kier molecular flexibility index (Phi) is 3.80. The molecule has 0 saturated carbocycles. The molecule has 3 saturated heterocycles. The second-order valence-corrected chi connectivity index (χ2v) is 7.35. The van der Waals surface area contributed by atoms with E-state index in [1.54, 1.807) is 0 Å². The molecule has 0 bridgehead atoms. The lowest BCUT2D eigenvalue weighted by Crippen LogP contribution is -2.48. The van der Waals surface area contributed by atoms with Gasteiger partial charge in [0.05, 0.1) is 5.41 Å². The van der Waals surface area contributed by atoms with Crippen LogP contribution in [0.2, 0.25) is 0 Å². The number of hydrogen-bond acceptors (Lipinski definition) is 3. The molecule has 0 aromatic rings. The van der Waals surface area contributed by atoms with E-state index < -0.39 is 11.4 Å². The van der Waals surface area contributed by atoms with Crippen LogP contribution >= 0.6 is 0 Å². The smallest absolute Gasteiger partial charge is 0.311 e. The standard InChI is InChI=1S/C16H28N2O2/c1-12(2)16(15(19)20)6-9-18(11-16)14-5-8-17-7-3-4-13(17)10-14/h12-14H,3-11H2,1-2H3,(H,19,20). The monoisotopic (exact) mass is 280 g/mol. The van der Waals surface area contributed by atoms with Crippen molar-refractivity contribution in [2.75, 3.05) is 26.2 Å². The Hall–Kier alpha value is -0.610. The molecule has 114 valence electrons. The van der Waals surface area contributed by atoms with Gasteiger partial charge in [-0.15, -0.1) is 0 Å². The van der Waals surface area contributed by atoms with Crippen LogP contribution in [0.15, 0.2) is 0 Å². The average Bonchev–Trinajstić information content (AvgIpc) is 3.05. The number of hydrogen-bond donors (Lipinski definition) is 1. The molecule has 0 amide bonds. The molecule has 4 heteroatoms. The molecule has 3 aliphatic rings. The van der Waals surface area contributed by atoms with Crippen molar-refractivity contribution in [3.63, 3.8) is 0 Å². The summed E-state index contributed by atoms with van der Waals surface area (Å²) in [5.74, 6) is -0.370. The molecule has 3 unspecified atom stereocenters. The number of carboxylic acid groups (broad SMARTS) is 1. The summed E-state index contributed by atoms with van der Waals surface area (Å²) >= 11 is 0. The summed E-state index contributed by atoms with van der Waals surface area (Å²) in [7, 11) is 0. The number of likely N-dealkylation sites (tertiary alicyclic amines) is 1. The number of carbonyl (C=O) groups is 1. The molecule has 0 spiro atoms. The Balaban J connectivity index is 1.66. The second kappa shape index (κ2) is 5.30. The van der Waals surface area contributed by atoms with E-state index >= 15 is 0 Å². The molecule has 3 aliphatic heterocycles. The third-order valence-electron chi connectivity index (χ3n) is 6.17. The maximum Gasteiger partial charge on any atom is 0.311 e. The van der Waals surface area contributed by atoms with Gasteiger partial charge in [-0.2, -0.15) is 0 Å². The second-order valence-electron chi connectivity index (χ2n) is 7.35. The molecule has 3 heterocycles. The lowest BCUT2D eigenvalue weighted by Gasteiger charge is -2.40. The van der Waals surface area contributed by atoms with Crippen LogP contribution < -0.4 is 0 Å². The number of fused-ring (bicyclic) bond motifs is 1. The van der Waals surface area contributed by atoms with E-state index in [0.29, 0.717) is 6.04 Å². The van der Waals surface area contributed by atoms with Gasteiger partial charge in [0.25, 0.3) is 0 Å². The first kappa shape index (κ1) is 14.3. The zero-order valence-corrected chi connectivity index (χ0v) is 12.8. The highest BCUT2D eigenvalue weighted by molar-refractivity contribution is 5.75. The first-order chi connectivity index (χ1) is 9.53. The Bertz CT molecular complexity index is 385. The molecule has 1 N–H and O–H groups in total. The Morgan fingerprint density at radius 3 is 2.55 bits per heavy atom. The molecular formula is C16H28N2O2. The SMILES string of the molecule is CC(C)C1(C(=O)O)CCN(C2CCN3CCCC3C2)C1. The summed E-state index contributed by atoms with van der Waals surface area (Å²) < 4.78 is 0. The maximum atomic E-state index is 11.7. The largest absolute Gasteiger partial charge is 0.481 e. The summed E-state index contributed by atoms with van der Waals surface area (Å²) in [6, 6.07) is 1.39. The summed E-state index contributed by atoms with van der Waals surface area (Å²) in [4.78, 5) is 16.9. The number of rotatable bonds is 3. The van der Waals surface area contributed by atoms with E-state index in [4.69, 9.17) is 0 Å². The molecule has 20 heavy (non-hydrogen) atoms. The van der Waals surface area contributed by atoms with Crippen LogP contribution in [0.1, 0.15) is 46.0 Å². The first-order valence-corrected chi connectivity index (χ1v) is 8.24. The van der Waals surface area contributed by atoms with Gasteiger partial charge in [0.2, 0.25) is 0 Å². The van der Waals surface area contributed by atoms with Gasteiger partial charge < -0.3 is 10.0 Å². The minimum absolute atomic E-state index is 0.219. The Morgan fingerprint density at radius 2 is 1.90 bits per heavy atom. The highest BCUT2D eigenvalue weighted by Gasteiger charge is 2.49. The predicted molar refractivity (Wildman–Crippen MR) is 78.7 cm³/mol. The highest BCUT2D eigenvalue weighted by Crippen LogP contribution is 2.41. The van der Waals surface area contributed by atoms with Crippen LogP contribution in [0.5, 0.6) is 0 Å². The third kappa shape index (κ3) is 2.27. The number of aliphatic carboxylic acids is 1. The van der Waals surface area contributed by atoms with Gasteiger partial charge in [-0.1, -0.05) is 13.8 Å². The normalized spacial score (nSPS) is 39.4. The summed E-state index contributed by atoms with van der Waals surface area (Å²) in [5, 5.41) is 9.67. The van der Waals surface area contributed by atoms with Crippen molar-refractivity contribution in [3.05, 3.63) is 0 Å². The number of carboxylic acids is 1.